The van der Waals surface area contributed by atoms with Gasteiger partial charge in [-0.1, -0.05) is 0 Å². The van der Waals surface area contributed by atoms with Gasteiger partial charge >= 0.3 is 6.09 Å². The Hall–Kier alpha value is -2.06. The molecule has 0 aromatic heterocycles. The van der Waals surface area contributed by atoms with Crippen molar-refractivity contribution in [3.63, 3.8) is 0 Å². The maximum atomic E-state index is 12.0. The lowest BCUT2D eigenvalue weighted by Gasteiger charge is -2.31. The smallest absolute Gasteiger partial charge is 0.415 e. The van der Waals surface area contributed by atoms with Crippen molar-refractivity contribution in [3.05, 3.63) is 29.8 Å². The minimum Gasteiger partial charge on any atom is -0.441 e. The van der Waals surface area contributed by atoms with Crippen molar-refractivity contribution in [1.82, 2.24) is 5.32 Å². The maximum Gasteiger partial charge on any atom is 0.415 e. The second-order valence-electron chi connectivity index (χ2n) is 5.05. The molecule has 0 radical (unpaired) electrons. The molecule has 0 atom stereocenters. The molecule has 0 aliphatic carbocycles. The number of benzene rings is 1. The zero-order valence-electron chi connectivity index (χ0n) is 10.6. The van der Waals surface area contributed by atoms with Gasteiger partial charge in [0.1, 0.15) is 5.60 Å². The van der Waals surface area contributed by atoms with Gasteiger partial charge in [0.2, 0.25) is 0 Å². The van der Waals surface area contributed by atoms with Crippen LogP contribution in [0.5, 0.6) is 0 Å². The Morgan fingerprint density at radius 3 is 2.58 bits per heavy atom. The molecule has 0 unspecified atom stereocenters. The molecule has 3 rings (SSSR count). The molecule has 0 saturated carbocycles. The molecule has 1 spiro atoms. The number of nitriles is 1. The van der Waals surface area contributed by atoms with Crippen LogP contribution in [0.3, 0.4) is 0 Å². The predicted octanol–water partition coefficient (Wildman–Crippen LogP) is 1.64. The molecule has 2 aliphatic heterocycles. The lowest BCUT2D eigenvalue weighted by Crippen LogP contribution is -2.44. The average Bonchev–Trinajstić information content (AvgIpc) is 2.76. The summed E-state index contributed by atoms with van der Waals surface area (Å²) < 4.78 is 5.60. The Balaban J connectivity index is 1.81. The van der Waals surface area contributed by atoms with Gasteiger partial charge in [-0.3, -0.25) is 4.90 Å². The third-order valence-corrected chi connectivity index (χ3v) is 3.79. The standard InChI is InChI=1S/C14H15N3O2/c15-9-11-1-3-12(4-2-11)17-10-14(19-13(17)18)5-7-16-8-6-14/h1-4,16H,5-8,10H2. The summed E-state index contributed by atoms with van der Waals surface area (Å²) in [6, 6.07) is 9.09. The average molecular weight is 257 g/mol. The van der Waals surface area contributed by atoms with Crippen LogP contribution in [0.25, 0.3) is 0 Å². The highest BCUT2D eigenvalue weighted by Gasteiger charge is 2.46. The van der Waals surface area contributed by atoms with E-state index in [1.54, 1.807) is 29.2 Å². The molecule has 1 aromatic rings. The molecule has 1 amide bonds. The Labute approximate surface area is 111 Å². The van der Waals surface area contributed by atoms with E-state index in [0.29, 0.717) is 12.1 Å². The van der Waals surface area contributed by atoms with Crippen molar-refractivity contribution in [2.24, 2.45) is 0 Å². The summed E-state index contributed by atoms with van der Waals surface area (Å²) in [6.45, 7) is 2.36. The number of nitrogens with zero attached hydrogens (tertiary/aromatic N) is 2. The van der Waals surface area contributed by atoms with Gasteiger partial charge in [0.05, 0.1) is 18.2 Å². The van der Waals surface area contributed by atoms with Gasteiger partial charge in [-0.05, 0) is 37.4 Å². The van der Waals surface area contributed by atoms with Crippen molar-refractivity contribution < 1.29 is 9.53 Å². The van der Waals surface area contributed by atoms with Crippen molar-refractivity contribution in [1.29, 1.82) is 5.26 Å². The quantitative estimate of drug-likeness (QED) is 0.830. The number of anilines is 1. The van der Waals surface area contributed by atoms with Crippen LogP contribution < -0.4 is 10.2 Å². The number of carbonyl (C=O) groups excluding carboxylic acids is 1. The first-order chi connectivity index (χ1) is 9.22. The van der Waals surface area contributed by atoms with Gasteiger partial charge in [-0.15, -0.1) is 0 Å². The van der Waals surface area contributed by atoms with Crippen LogP contribution in [0, 0.1) is 11.3 Å². The SMILES string of the molecule is N#Cc1ccc(N2CC3(CCNCC3)OC2=O)cc1. The molecule has 19 heavy (non-hydrogen) atoms. The fraction of sp³-hybridized carbons (Fsp3) is 0.429. The Kier molecular flexibility index (Phi) is 2.88. The summed E-state index contributed by atoms with van der Waals surface area (Å²) in [5, 5.41) is 12.1. The molecule has 1 N–H and O–H groups in total. The monoisotopic (exact) mass is 257 g/mol. The first kappa shape index (κ1) is 12.0. The highest BCUT2D eigenvalue weighted by Crippen LogP contribution is 2.33. The summed E-state index contributed by atoms with van der Waals surface area (Å²) in [4.78, 5) is 13.7. The van der Waals surface area contributed by atoms with Crippen LogP contribution in [0.2, 0.25) is 0 Å². The van der Waals surface area contributed by atoms with Crippen LogP contribution in [-0.4, -0.2) is 31.3 Å². The third kappa shape index (κ3) is 2.15. The van der Waals surface area contributed by atoms with Crippen molar-refractivity contribution in [2.45, 2.75) is 18.4 Å². The number of rotatable bonds is 1. The van der Waals surface area contributed by atoms with Gasteiger partial charge in [0.15, 0.2) is 0 Å². The van der Waals surface area contributed by atoms with Crippen LogP contribution in [0.4, 0.5) is 10.5 Å². The summed E-state index contributed by atoms with van der Waals surface area (Å²) in [6.07, 6.45) is 1.42. The molecule has 2 fully saturated rings. The van der Waals surface area contributed by atoms with Crippen LogP contribution in [0.15, 0.2) is 24.3 Å². The van der Waals surface area contributed by atoms with E-state index in [1.165, 1.54) is 0 Å². The van der Waals surface area contributed by atoms with Crippen LogP contribution >= 0.6 is 0 Å². The van der Waals surface area contributed by atoms with Crippen molar-refractivity contribution in [2.75, 3.05) is 24.5 Å². The van der Waals surface area contributed by atoms with Gasteiger partial charge in [-0.2, -0.15) is 5.26 Å². The van der Waals surface area contributed by atoms with E-state index >= 15 is 0 Å². The first-order valence-electron chi connectivity index (χ1n) is 6.44. The normalized spacial score (nSPS) is 21.2. The molecule has 2 heterocycles. The van der Waals surface area contributed by atoms with Crippen LogP contribution in [-0.2, 0) is 4.74 Å². The predicted molar refractivity (Wildman–Crippen MR) is 69.8 cm³/mol. The number of hydrogen-bond acceptors (Lipinski definition) is 4. The Morgan fingerprint density at radius 1 is 1.26 bits per heavy atom. The summed E-state index contributed by atoms with van der Waals surface area (Å²) >= 11 is 0. The molecular formula is C14H15N3O2. The zero-order valence-corrected chi connectivity index (χ0v) is 10.6. The number of carbonyl (C=O) groups is 1. The van der Waals surface area contributed by atoms with E-state index in [4.69, 9.17) is 10.00 Å². The highest BCUT2D eigenvalue weighted by molar-refractivity contribution is 5.90. The number of ether oxygens (including phenoxy) is 1. The van der Waals surface area contributed by atoms with Gasteiger partial charge in [0.25, 0.3) is 0 Å². The minimum atomic E-state index is -0.337. The highest BCUT2D eigenvalue weighted by atomic mass is 16.6. The van der Waals surface area contributed by atoms with E-state index in [-0.39, 0.29) is 11.7 Å². The largest absolute Gasteiger partial charge is 0.441 e. The van der Waals surface area contributed by atoms with Gasteiger partial charge < -0.3 is 10.1 Å². The van der Waals surface area contributed by atoms with Gasteiger partial charge in [-0.25, -0.2) is 4.79 Å². The first-order valence-corrected chi connectivity index (χ1v) is 6.44. The lowest BCUT2D eigenvalue weighted by molar-refractivity contribution is 0.0316. The van der Waals surface area contributed by atoms with E-state index in [1.807, 2.05) is 0 Å². The molecule has 98 valence electrons. The maximum absolute atomic E-state index is 12.0. The molecule has 5 heteroatoms. The van der Waals surface area contributed by atoms with Crippen molar-refractivity contribution in [3.8, 4) is 6.07 Å². The zero-order chi connectivity index (χ0) is 13.3. The summed E-state index contributed by atoms with van der Waals surface area (Å²) in [5.41, 5.74) is 1.04. The number of nitrogens with one attached hydrogen (secondary N) is 1. The van der Waals surface area contributed by atoms with E-state index in [2.05, 4.69) is 11.4 Å². The second kappa shape index (κ2) is 4.56. The Morgan fingerprint density at radius 2 is 1.95 bits per heavy atom. The van der Waals surface area contributed by atoms with Crippen molar-refractivity contribution >= 4 is 11.8 Å². The molecule has 2 saturated heterocycles. The number of hydrogen-bond donors (Lipinski definition) is 1. The van der Waals surface area contributed by atoms with E-state index in [9.17, 15) is 4.79 Å². The minimum absolute atomic E-state index is 0.286. The van der Waals surface area contributed by atoms with Gasteiger partial charge in [0, 0.05) is 18.5 Å². The summed E-state index contributed by atoms with van der Waals surface area (Å²) in [5.74, 6) is 0. The second-order valence-corrected chi connectivity index (χ2v) is 5.05. The summed E-state index contributed by atoms with van der Waals surface area (Å²) in [7, 11) is 0. The molecule has 1 aromatic carbocycles. The van der Waals surface area contributed by atoms with E-state index in [0.717, 1.165) is 31.6 Å². The Bertz CT molecular complexity index is 527. The molecule has 5 nitrogen and oxygen atoms in total. The molecule has 2 aliphatic rings. The fourth-order valence-corrected chi connectivity index (χ4v) is 2.68. The van der Waals surface area contributed by atoms with Crippen LogP contribution in [0.1, 0.15) is 18.4 Å². The lowest BCUT2D eigenvalue weighted by atomic mass is 9.92. The third-order valence-electron chi connectivity index (χ3n) is 3.79. The molecule has 0 bridgehead atoms. The van der Waals surface area contributed by atoms with E-state index < -0.39 is 0 Å². The molecular weight excluding hydrogens is 242 g/mol. The number of piperidine rings is 1. The number of amides is 1. The fourth-order valence-electron chi connectivity index (χ4n) is 2.68. The topological polar surface area (TPSA) is 65.4 Å².